The Morgan fingerprint density at radius 2 is 1.88 bits per heavy atom. The van der Waals surface area contributed by atoms with Crippen molar-refractivity contribution in [2.45, 2.75) is 52.6 Å². The van der Waals surface area contributed by atoms with E-state index in [1.807, 2.05) is 26.0 Å². The third-order valence-electron chi connectivity index (χ3n) is 5.72. The van der Waals surface area contributed by atoms with Crippen LogP contribution >= 0.6 is 0 Å². The van der Waals surface area contributed by atoms with E-state index < -0.39 is 17.2 Å². The average Bonchev–Trinajstić information content (AvgIpc) is 3.63. The molecule has 172 valence electrons. The van der Waals surface area contributed by atoms with Crippen molar-refractivity contribution < 1.29 is 9.59 Å². The van der Waals surface area contributed by atoms with Crippen LogP contribution in [0, 0.1) is 5.92 Å². The van der Waals surface area contributed by atoms with E-state index in [4.69, 9.17) is 0 Å². The molecule has 0 radical (unpaired) electrons. The number of aryl methyl sites for hydroxylation is 1. The molecule has 3 aromatic rings. The fraction of sp³-hybridized carbons (Fsp3) is 0.375. The largest absolute Gasteiger partial charge is 0.348 e. The lowest BCUT2D eigenvalue weighted by Crippen LogP contribution is -2.33. The van der Waals surface area contributed by atoms with Gasteiger partial charge in [-0.25, -0.2) is 9.78 Å². The van der Waals surface area contributed by atoms with Gasteiger partial charge in [0.25, 0.3) is 11.5 Å². The van der Waals surface area contributed by atoms with Crippen molar-refractivity contribution in [1.29, 1.82) is 0 Å². The number of rotatable bonds is 7. The first kappa shape index (κ1) is 22.4. The molecule has 0 aliphatic heterocycles. The van der Waals surface area contributed by atoms with Gasteiger partial charge in [-0.3, -0.25) is 23.9 Å². The highest BCUT2D eigenvalue weighted by Crippen LogP contribution is 2.39. The molecule has 2 heterocycles. The fourth-order valence-electron chi connectivity index (χ4n) is 3.62. The number of fused-ring (bicyclic) bond motifs is 1. The molecule has 2 amide bonds. The maximum Gasteiger partial charge on any atom is 0.329 e. The maximum atomic E-state index is 13.1. The molecule has 2 aromatic heterocycles. The van der Waals surface area contributed by atoms with Gasteiger partial charge in [0.2, 0.25) is 5.91 Å². The molecule has 1 fully saturated rings. The molecule has 0 saturated heterocycles. The van der Waals surface area contributed by atoms with Gasteiger partial charge in [-0.2, -0.15) is 0 Å². The van der Waals surface area contributed by atoms with Gasteiger partial charge < -0.3 is 10.6 Å². The number of benzene rings is 1. The number of hydrogen-bond acceptors (Lipinski definition) is 5. The van der Waals surface area contributed by atoms with Crippen molar-refractivity contribution in [3.05, 3.63) is 68.0 Å². The Morgan fingerprint density at radius 1 is 1.18 bits per heavy atom. The SMILES string of the molecule is CCn1c(=O)[nH]c(=O)c2c(C(=O)NCc3ccc(NC(=O)C(C)C)cc3)cc(C3CC3)nc21. The summed E-state index contributed by atoms with van der Waals surface area (Å²) in [6, 6.07) is 8.86. The number of amides is 2. The van der Waals surface area contributed by atoms with Crippen LogP contribution in [0.1, 0.15) is 61.1 Å². The van der Waals surface area contributed by atoms with Gasteiger partial charge in [-0.05, 0) is 43.5 Å². The molecule has 0 spiro atoms. The molecule has 1 aliphatic rings. The van der Waals surface area contributed by atoms with Gasteiger partial charge in [-0.1, -0.05) is 26.0 Å². The van der Waals surface area contributed by atoms with E-state index in [2.05, 4.69) is 20.6 Å². The molecule has 0 bridgehead atoms. The van der Waals surface area contributed by atoms with Crippen molar-refractivity contribution >= 4 is 28.5 Å². The first-order valence-corrected chi connectivity index (χ1v) is 11.1. The van der Waals surface area contributed by atoms with Crippen LogP contribution in [0.5, 0.6) is 0 Å². The van der Waals surface area contributed by atoms with Crippen molar-refractivity contribution in [2.75, 3.05) is 5.32 Å². The number of aromatic nitrogens is 3. The molecule has 0 unspecified atom stereocenters. The number of H-pyrrole nitrogens is 1. The number of hydrogen-bond donors (Lipinski definition) is 3. The van der Waals surface area contributed by atoms with Crippen molar-refractivity contribution in [3.63, 3.8) is 0 Å². The summed E-state index contributed by atoms with van der Waals surface area (Å²) < 4.78 is 1.38. The van der Waals surface area contributed by atoms with Crippen LogP contribution in [-0.4, -0.2) is 26.3 Å². The summed E-state index contributed by atoms with van der Waals surface area (Å²) >= 11 is 0. The molecule has 1 aromatic carbocycles. The Bertz CT molecular complexity index is 1330. The first-order valence-electron chi connectivity index (χ1n) is 11.1. The Balaban J connectivity index is 1.60. The number of anilines is 1. The highest BCUT2D eigenvalue weighted by Gasteiger charge is 2.28. The third-order valence-corrected chi connectivity index (χ3v) is 5.72. The van der Waals surface area contributed by atoms with Crippen molar-refractivity contribution in [2.24, 2.45) is 5.92 Å². The molecule has 9 nitrogen and oxygen atoms in total. The fourth-order valence-corrected chi connectivity index (χ4v) is 3.62. The molecule has 33 heavy (non-hydrogen) atoms. The molecule has 1 saturated carbocycles. The lowest BCUT2D eigenvalue weighted by Gasteiger charge is -2.13. The van der Waals surface area contributed by atoms with Crippen molar-refractivity contribution in [1.82, 2.24) is 19.9 Å². The summed E-state index contributed by atoms with van der Waals surface area (Å²) in [4.78, 5) is 56.7. The third kappa shape index (κ3) is 4.72. The van der Waals surface area contributed by atoms with Crippen LogP contribution < -0.4 is 21.9 Å². The van der Waals surface area contributed by atoms with E-state index in [1.165, 1.54) is 4.57 Å². The molecule has 1 aliphatic carbocycles. The Labute approximate surface area is 190 Å². The van der Waals surface area contributed by atoms with Gasteiger partial charge in [0.1, 0.15) is 0 Å². The second-order valence-corrected chi connectivity index (χ2v) is 8.59. The molecule has 9 heteroatoms. The van der Waals surface area contributed by atoms with Crippen LogP contribution in [0.25, 0.3) is 11.0 Å². The summed E-state index contributed by atoms with van der Waals surface area (Å²) in [6.45, 7) is 6.00. The number of carbonyl (C=O) groups excluding carboxylic acids is 2. The Hall–Kier alpha value is -3.75. The molecular formula is C24H27N5O4. The lowest BCUT2D eigenvalue weighted by molar-refractivity contribution is -0.118. The van der Waals surface area contributed by atoms with Crippen LogP contribution in [0.3, 0.4) is 0 Å². The lowest BCUT2D eigenvalue weighted by atomic mass is 10.1. The predicted molar refractivity (Wildman–Crippen MR) is 125 cm³/mol. The second kappa shape index (κ2) is 9.01. The van der Waals surface area contributed by atoms with Gasteiger partial charge in [0.15, 0.2) is 5.65 Å². The minimum absolute atomic E-state index is 0.0668. The van der Waals surface area contributed by atoms with Crippen LogP contribution in [0.4, 0.5) is 5.69 Å². The van der Waals surface area contributed by atoms with E-state index in [0.29, 0.717) is 12.2 Å². The number of carbonyl (C=O) groups is 2. The zero-order chi connectivity index (χ0) is 23.7. The summed E-state index contributed by atoms with van der Waals surface area (Å²) in [5.74, 6) is -0.350. The van der Waals surface area contributed by atoms with E-state index in [1.54, 1.807) is 25.1 Å². The summed E-state index contributed by atoms with van der Waals surface area (Å²) in [6.07, 6.45) is 1.94. The predicted octanol–water partition coefficient (Wildman–Crippen LogP) is 2.51. The van der Waals surface area contributed by atoms with Gasteiger partial charge in [0.05, 0.1) is 10.9 Å². The zero-order valence-electron chi connectivity index (χ0n) is 18.9. The minimum Gasteiger partial charge on any atom is -0.348 e. The normalized spacial score (nSPS) is 13.3. The molecule has 0 atom stereocenters. The van der Waals surface area contributed by atoms with Crippen LogP contribution in [0.15, 0.2) is 39.9 Å². The van der Waals surface area contributed by atoms with E-state index in [0.717, 1.165) is 24.1 Å². The standard InChI is InChI=1S/C24H27N5O4/c1-4-29-20-19(23(32)28-24(29)33)17(11-18(27-20)15-7-8-15)22(31)25-12-14-5-9-16(10-6-14)26-21(30)13(2)3/h5-6,9-11,13,15H,4,7-8,12H2,1-3H3,(H,25,31)(H,26,30)(H,28,32,33). The zero-order valence-corrected chi connectivity index (χ0v) is 18.9. The van der Waals surface area contributed by atoms with Crippen LogP contribution in [0.2, 0.25) is 0 Å². The van der Waals surface area contributed by atoms with Crippen molar-refractivity contribution in [3.8, 4) is 0 Å². The number of nitrogens with zero attached hydrogens (tertiary/aromatic N) is 2. The summed E-state index contributed by atoms with van der Waals surface area (Å²) in [7, 11) is 0. The van der Waals surface area contributed by atoms with E-state index in [9.17, 15) is 19.2 Å². The molecule has 3 N–H and O–H groups in total. The number of aromatic amines is 1. The first-order chi connectivity index (χ1) is 15.8. The average molecular weight is 450 g/mol. The van der Waals surface area contributed by atoms with Gasteiger partial charge in [-0.15, -0.1) is 0 Å². The minimum atomic E-state index is -0.620. The van der Waals surface area contributed by atoms with Crippen LogP contribution in [-0.2, 0) is 17.9 Å². The number of pyridine rings is 1. The highest BCUT2D eigenvalue weighted by molar-refractivity contribution is 6.05. The number of nitrogens with one attached hydrogen (secondary N) is 3. The smallest absolute Gasteiger partial charge is 0.329 e. The Morgan fingerprint density at radius 3 is 2.48 bits per heavy atom. The summed E-state index contributed by atoms with van der Waals surface area (Å²) in [5, 5.41) is 5.80. The van der Waals surface area contributed by atoms with E-state index in [-0.39, 0.29) is 40.9 Å². The van der Waals surface area contributed by atoms with E-state index >= 15 is 0 Å². The molecular weight excluding hydrogens is 422 g/mol. The summed E-state index contributed by atoms with van der Waals surface area (Å²) in [5.41, 5.74) is 1.55. The molecule has 4 rings (SSSR count). The Kier molecular flexibility index (Phi) is 6.13. The monoisotopic (exact) mass is 449 g/mol. The quantitative estimate of drug-likeness (QED) is 0.511. The topological polar surface area (TPSA) is 126 Å². The second-order valence-electron chi connectivity index (χ2n) is 8.59. The highest BCUT2D eigenvalue weighted by atomic mass is 16.2. The van der Waals surface area contributed by atoms with Gasteiger partial charge in [0, 0.05) is 36.3 Å². The van der Waals surface area contributed by atoms with Gasteiger partial charge >= 0.3 is 5.69 Å². The maximum absolute atomic E-state index is 13.1.